The summed E-state index contributed by atoms with van der Waals surface area (Å²) in [5, 5.41) is 14.1. The standard InChI is InChI=1S/C15H24N4O2/c1-16-15-12(5-4-6-14(15)19(20)21)11-18(3)13-7-9-17(2)10-8-13/h4-6,13,16H,7-11H2,1-3H3. The Bertz CT molecular complexity index is 498. The maximum atomic E-state index is 11.1. The van der Waals surface area contributed by atoms with Crippen LogP contribution in [0.3, 0.4) is 0 Å². The number of benzene rings is 1. The molecule has 1 N–H and O–H groups in total. The number of nitro benzene ring substituents is 1. The summed E-state index contributed by atoms with van der Waals surface area (Å²) in [4.78, 5) is 15.4. The second-order valence-electron chi connectivity index (χ2n) is 5.77. The average molecular weight is 292 g/mol. The highest BCUT2D eigenvalue weighted by Gasteiger charge is 2.23. The lowest BCUT2D eigenvalue weighted by atomic mass is 10.0. The maximum absolute atomic E-state index is 11.1. The average Bonchev–Trinajstić information content (AvgIpc) is 2.47. The van der Waals surface area contributed by atoms with Gasteiger partial charge in [0.15, 0.2) is 0 Å². The first kappa shape index (κ1) is 15.7. The number of rotatable bonds is 5. The molecule has 0 radical (unpaired) electrons. The van der Waals surface area contributed by atoms with Gasteiger partial charge in [0.05, 0.1) is 4.92 Å². The van der Waals surface area contributed by atoms with E-state index < -0.39 is 0 Å². The van der Waals surface area contributed by atoms with Crippen LogP contribution >= 0.6 is 0 Å². The minimum atomic E-state index is -0.328. The number of hydrogen-bond acceptors (Lipinski definition) is 5. The third-order valence-corrected chi connectivity index (χ3v) is 4.31. The molecule has 0 saturated carbocycles. The van der Waals surface area contributed by atoms with E-state index in [0.29, 0.717) is 11.7 Å². The molecule has 1 aliphatic heterocycles. The lowest BCUT2D eigenvalue weighted by Gasteiger charge is -2.35. The molecule has 2 rings (SSSR count). The smallest absolute Gasteiger partial charge is 0.292 e. The van der Waals surface area contributed by atoms with Gasteiger partial charge in [-0.15, -0.1) is 0 Å². The molecular weight excluding hydrogens is 268 g/mol. The third kappa shape index (κ3) is 3.71. The van der Waals surface area contributed by atoms with E-state index >= 15 is 0 Å². The summed E-state index contributed by atoms with van der Waals surface area (Å²) in [6.07, 6.45) is 2.30. The molecule has 1 aromatic rings. The Kier molecular flexibility index (Phi) is 5.14. The lowest BCUT2D eigenvalue weighted by Crippen LogP contribution is -2.41. The number of nitro groups is 1. The molecule has 116 valence electrons. The summed E-state index contributed by atoms with van der Waals surface area (Å²) in [5.41, 5.74) is 1.75. The molecule has 0 amide bonds. The number of para-hydroxylation sites is 1. The summed E-state index contributed by atoms with van der Waals surface area (Å²) in [7, 11) is 5.99. The van der Waals surface area contributed by atoms with Crippen LogP contribution in [0.2, 0.25) is 0 Å². The van der Waals surface area contributed by atoms with Crippen LogP contribution in [0.4, 0.5) is 11.4 Å². The van der Waals surface area contributed by atoms with Gasteiger partial charge in [-0.25, -0.2) is 0 Å². The number of nitrogens with one attached hydrogen (secondary N) is 1. The Morgan fingerprint density at radius 3 is 2.67 bits per heavy atom. The first-order valence-electron chi connectivity index (χ1n) is 7.35. The molecule has 6 nitrogen and oxygen atoms in total. The number of hydrogen-bond donors (Lipinski definition) is 1. The molecule has 0 bridgehead atoms. The van der Waals surface area contributed by atoms with Gasteiger partial charge < -0.3 is 10.2 Å². The first-order valence-corrected chi connectivity index (χ1v) is 7.35. The third-order valence-electron chi connectivity index (χ3n) is 4.31. The zero-order valence-electron chi connectivity index (χ0n) is 13.0. The van der Waals surface area contributed by atoms with E-state index in [9.17, 15) is 10.1 Å². The molecule has 0 unspecified atom stereocenters. The molecule has 6 heteroatoms. The van der Waals surface area contributed by atoms with Crippen molar-refractivity contribution in [2.24, 2.45) is 0 Å². The van der Waals surface area contributed by atoms with Crippen molar-refractivity contribution in [1.29, 1.82) is 0 Å². The van der Waals surface area contributed by atoms with E-state index in [0.717, 1.165) is 38.0 Å². The van der Waals surface area contributed by atoms with Crippen molar-refractivity contribution in [1.82, 2.24) is 9.80 Å². The highest BCUT2D eigenvalue weighted by Crippen LogP contribution is 2.29. The van der Waals surface area contributed by atoms with Gasteiger partial charge in [0.2, 0.25) is 0 Å². The molecule has 0 aromatic heterocycles. The normalized spacial score (nSPS) is 17.1. The highest BCUT2D eigenvalue weighted by molar-refractivity contribution is 5.66. The van der Waals surface area contributed by atoms with Gasteiger partial charge >= 0.3 is 0 Å². The topological polar surface area (TPSA) is 61.6 Å². The van der Waals surface area contributed by atoms with E-state index in [1.54, 1.807) is 19.2 Å². The zero-order valence-corrected chi connectivity index (χ0v) is 13.0. The van der Waals surface area contributed by atoms with E-state index in [4.69, 9.17) is 0 Å². The van der Waals surface area contributed by atoms with Crippen LogP contribution in [0, 0.1) is 10.1 Å². The molecule has 0 aliphatic carbocycles. The van der Waals surface area contributed by atoms with Crippen molar-refractivity contribution in [2.45, 2.75) is 25.4 Å². The number of nitrogens with zero attached hydrogens (tertiary/aromatic N) is 3. The Morgan fingerprint density at radius 1 is 1.43 bits per heavy atom. The molecule has 1 heterocycles. The van der Waals surface area contributed by atoms with Crippen LogP contribution in [-0.4, -0.2) is 55.0 Å². The van der Waals surface area contributed by atoms with Crippen molar-refractivity contribution in [2.75, 3.05) is 39.5 Å². The van der Waals surface area contributed by atoms with Crippen LogP contribution in [0.25, 0.3) is 0 Å². The van der Waals surface area contributed by atoms with Crippen LogP contribution in [0.1, 0.15) is 18.4 Å². The maximum Gasteiger partial charge on any atom is 0.292 e. The Morgan fingerprint density at radius 2 is 2.10 bits per heavy atom. The van der Waals surface area contributed by atoms with E-state index in [2.05, 4.69) is 29.2 Å². The molecule has 21 heavy (non-hydrogen) atoms. The Balaban J connectivity index is 2.12. The largest absolute Gasteiger partial charge is 0.382 e. The van der Waals surface area contributed by atoms with Crippen LogP contribution < -0.4 is 5.32 Å². The molecule has 1 aromatic carbocycles. The van der Waals surface area contributed by atoms with Gasteiger partial charge in [0, 0.05) is 25.7 Å². The summed E-state index contributed by atoms with van der Waals surface area (Å²) in [6.45, 7) is 2.96. The van der Waals surface area contributed by atoms with Crippen LogP contribution in [-0.2, 0) is 6.54 Å². The number of likely N-dealkylation sites (tertiary alicyclic amines) is 1. The second-order valence-corrected chi connectivity index (χ2v) is 5.77. The Labute approximate surface area is 125 Å². The second kappa shape index (κ2) is 6.87. The number of anilines is 1. The van der Waals surface area contributed by atoms with Gasteiger partial charge in [0.1, 0.15) is 5.69 Å². The molecule has 1 saturated heterocycles. The highest BCUT2D eigenvalue weighted by atomic mass is 16.6. The van der Waals surface area contributed by atoms with Crippen molar-refractivity contribution < 1.29 is 4.92 Å². The fourth-order valence-corrected chi connectivity index (χ4v) is 2.99. The summed E-state index contributed by atoms with van der Waals surface area (Å²) < 4.78 is 0. The monoisotopic (exact) mass is 292 g/mol. The van der Waals surface area contributed by atoms with Crippen LogP contribution in [0.15, 0.2) is 18.2 Å². The van der Waals surface area contributed by atoms with Crippen LogP contribution in [0.5, 0.6) is 0 Å². The minimum Gasteiger partial charge on any atom is -0.382 e. The molecule has 0 atom stereocenters. The fourth-order valence-electron chi connectivity index (χ4n) is 2.99. The van der Waals surface area contributed by atoms with Crippen molar-refractivity contribution in [3.05, 3.63) is 33.9 Å². The molecule has 1 fully saturated rings. The predicted octanol–water partition coefficient (Wildman–Crippen LogP) is 2.16. The predicted molar refractivity (Wildman–Crippen MR) is 84.6 cm³/mol. The van der Waals surface area contributed by atoms with E-state index in [1.165, 1.54) is 0 Å². The van der Waals surface area contributed by atoms with Crippen molar-refractivity contribution in [3.63, 3.8) is 0 Å². The van der Waals surface area contributed by atoms with Gasteiger partial charge in [-0.3, -0.25) is 15.0 Å². The first-order chi connectivity index (χ1) is 10.0. The summed E-state index contributed by atoms with van der Waals surface area (Å²) in [5.74, 6) is 0. The number of piperidine rings is 1. The SMILES string of the molecule is CNc1c(CN(C)C2CCN(C)CC2)cccc1[N+](=O)[O-]. The van der Waals surface area contributed by atoms with Gasteiger partial charge in [-0.2, -0.15) is 0 Å². The molecule has 0 spiro atoms. The minimum absolute atomic E-state index is 0.145. The molecular formula is C15H24N4O2. The van der Waals surface area contributed by atoms with E-state index in [1.807, 2.05) is 6.07 Å². The lowest BCUT2D eigenvalue weighted by molar-refractivity contribution is -0.384. The zero-order chi connectivity index (χ0) is 15.4. The molecule has 1 aliphatic rings. The van der Waals surface area contributed by atoms with Gasteiger partial charge in [-0.1, -0.05) is 12.1 Å². The van der Waals surface area contributed by atoms with Gasteiger partial charge in [0.25, 0.3) is 5.69 Å². The quantitative estimate of drug-likeness (QED) is 0.665. The van der Waals surface area contributed by atoms with Crippen molar-refractivity contribution >= 4 is 11.4 Å². The summed E-state index contributed by atoms with van der Waals surface area (Å²) in [6, 6.07) is 5.82. The van der Waals surface area contributed by atoms with Gasteiger partial charge in [-0.05, 0) is 45.6 Å². The fraction of sp³-hybridized carbons (Fsp3) is 0.600. The van der Waals surface area contributed by atoms with Crippen molar-refractivity contribution in [3.8, 4) is 0 Å². The van der Waals surface area contributed by atoms with E-state index in [-0.39, 0.29) is 10.6 Å². The summed E-state index contributed by atoms with van der Waals surface area (Å²) >= 11 is 0. The Hall–Kier alpha value is -1.66.